The normalized spacial score (nSPS) is 23.7. The van der Waals surface area contributed by atoms with Crippen molar-refractivity contribution >= 4 is 11.7 Å². The number of anilines is 1. The van der Waals surface area contributed by atoms with E-state index in [1.54, 1.807) is 0 Å². The Bertz CT molecular complexity index is 573. The van der Waals surface area contributed by atoms with E-state index in [4.69, 9.17) is 0 Å². The third-order valence-corrected chi connectivity index (χ3v) is 3.40. The van der Waals surface area contributed by atoms with Crippen molar-refractivity contribution in [2.75, 3.05) is 5.01 Å². The van der Waals surface area contributed by atoms with Gasteiger partial charge in [0, 0.05) is 12.2 Å². The molecule has 1 unspecified atom stereocenters. The van der Waals surface area contributed by atoms with E-state index in [0.29, 0.717) is 0 Å². The van der Waals surface area contributed by atoms with E-state index in [2.05, 4.69) is 45.0 Å². The number of pyridine rings is 1. The molecular weight excluding hydrogens is 212 g/mol. The molecule has 0 fully saturated rings. The number of hydrazone groups is 1. The van der Waals surface area contributed by atoms with Crippen LogP contribution in [-0.2, 0) is 0 Å². The summed E-state index contributed by atoms with van der Waals surface area (Å²) < 4.78 is 2.19. The summed E-state index contributed by atoms with van der Waals surface area (Å²) in [6, 6.07) is 7.47. The molecule has 4 heteroatoms. The molecule has 3 aliphatic heterocycles. The summed E-state index contributed by atoms with van der Waals surface area (Å²) in [7, 11) is 0. The van der Waals surface area contributed by atoms with Gasteiger partial charge in [0.2, 0.25) is 12.0 Å². The molecule has 0 aliphatic carbocycles. The Morgan fingerprint density at radius 3 is 3.24 bits per heavy atom. The molecule has 4 nitrogen and oxygen atoms in total. The van der Waals surface area contributed by atoms with Gasteiger partial charge in [-0.15, -0.1) is 0 Å². The van der Waals surface area contributed by atoms with Gasteiger partial charge in [-0.05, 0) is 31.3 Å². The molecule has 1 aromatic rings. The van der Waals surface area contributed by atoms with E-state index in [9.17, 15) is 0 Å². The predicted molar refractivity (Wildman–Crippen MR) is 64.8 cm³/mol. The molecule has 0 spiro atoms. The second-order valence-electron chi connectivity index (χ2n) is 4.35. The van der Waals surface area contributed by atoms with Crippen LogP contribution in [0, 0.1) is 6.04 Å². The first-order valence-corrected chi connectivity index (χ1v) is 5.72. The van der Waals surface area contributed by atoms with E-state index in [1.807, 2.05) is 30.4 Å². The zero-order valence-corrected chi connectivity index (χ0v) is 9.49. The highest BCUT2D eigenvalue weighted by molar-refractivity contribution is 5.97. The first-order valence-electron chi connectivity index (χ1n) is 5.72. The average Bonchev–Trinajstić information content (AvgIpc) is 2.88. The lowest BCUT2D eigenvalue weighted by atomic mass is 10.2. The number of aromatic nitrogens is 1. The number of rotatable bonds is 0. The van der Waals surface area contributed by atoms with Crippen LogP contribution in [0.1, 0.15) is 6.92 Å². The number of amidine groups is 1. The second kappa shape index (κ2) is 2.91. The molecule has 1 aromatic heterocycles. The number of allylic oxidation sites excluding steroid dienone is 2. The van der Waals surface area contributed by atoms with Crippen LogP contribution in [0.4, 0.5) is 5.82 Å². The van der Waals surface area contributed by atoms with Gasteiger partial charge in [0.05, 0.1) is 0 Å². The molecular formula is C13H12N4. The van der Waals surface area contributed by atoms with Gasteiger partial charge in [0.1, 0.15) is 0 Å². The van der Waals surface area contributed by atoms with Gasteiger partial charge < -0.3 is 4.57 Å². The number of fused-ring (bicyclic) bond motifs is 5. The molecule has 84 valence electrons. The Kier molecular flexibility index (Phi) is 1.52. The molecule has 0 amide bonds. The highest BCUT2D eigenvalue weighted by Crippen LogP contribution is 2.34. The largest absolute Gasteiger partial charge is 0.359 e. The fourth-order valence-corrected chi connectivity index (χ4v) is 2.62. The van der Waals surface area contributed by atoms with E-state index >= 15 is 0 Å². The van der Waals surface area contributed by atoms with Crippen LogP contribution in [0.5, 0.6) is 0 Å². The van der Waals surface area contributed by atoms with Crippen LogP contribution < -0.4 is 9.58 Å². The van der Waals surface area contributed by atoms with E-state index < -0.39 is 0 Å². The topological polar surface area (TPSA) is 22.7 Å². The molecule has 0 aromatic carbocycles. The fraction of sp³-hybridized carbons (Fsp3) is 0.154. The molecule has 4 rings (SSSR count). The highest BCUT2D eigenvalue weighted by atomic mass is 15.7. The standard InChI is InChI=1S/C13H12N4/c1-10-13-16-9-4-2-6-11(16)14-17(13)12-7-3-5-8-15(10)12/h2-9,13H,1H3. The summed E-state index contributed by atoms with van der Waals surface area (Å²) in [5.74, 6) is 2.13. The van der Waals surface area contributed by atoms with Gasteiger partial charge in [-0.2, -0.15) is 5.01 Å². The van der Waals surface area contributed by atoms with Gasteiger partial charge in [-0.1, -0.05) is 23.3 Å². The lowest BCUT2D eigenvalue weighted by Crippen LogP contribution is -2.45. The predicted octanol–water partition coefficient (Wildman–Crippen LogP) is 1.23. The van der Waals surface area contributed by atoms with Gasteiger partial charge in [0.25, 0.3) is 0 Å². The van der Waals surface area contributed by atoms with E-state index in [0.717, 1.165) is 11.7 Å². The maximum Gasteiger partial charge on any atom is 0.203 e. The van der Waals surface area contributed by atoms with Crippen molar-refractivity contribution in [3.05, 3.63) is 54.9 Å². The Labute approximate surface area is 99.8 Å². The van der Waals surface area contributed by atoms with Gasteiger partial charge >= 0.3 is 0 Å². The number of nitrogens with zero attached hydrogens (tertiary/aromatic N) is 4. The summed E-state index contributed by atoms with van der Waals surface area (Å²) in [5.41, 5.74) is 0. The van der Waals surface area contributed by atoms with Crippen molar-refractivity contribution in [3.63, 3.8) is 0 Å². The zero-order valence-electron chi connectivity index (χ0n) is 9.49. The van der Waals surface area contributed by atoms with Crippen LogP contribution >= 0.6 is 0 Å². The fourth-order valence-electron chi connectivity index (χ4n) is 2.62. The highest BCUT2D eigenvalue weighted by Gasteiger charge is 2.46. The number of hydrogen-bond donors (Lipinski definition) is 0. The SMILES string of the molecule is C[C-]1C2N3C=CC=CC3=NN2c2cccc[n+]21. The first-order chi connectivity index (χ1) is 8.36. The second-order valence-corrected chi connectivity index (χ2v) is 4.35. The summed E-state index contributed by atoms with van der Waals surface area (Å²) >= 11 is 0. The number of hydrogen-bond acceptors (Lipinski definition) is 3. The Morgan fingerprint density at radius 2 is 2.29 bits per heavy atom. The molecule has 0 saturated heterocycles. The quantitative estimate of drug-likeness (QED) is 0.488. The Balaban J connectivity index is 1.88. The summed E-state index contributed by atoms with van der Waals surface area (Å²) in [5, 5.41) is 6.73. The Morgan fingerprint density at radius 1 is 1.35 bits per heavy atom. The van der Waals surface area contributed by atoms with Crippen LogP contribution in [-0.4, -0.2) is 16.9 Å². The van der Waals surface area contributed by atoms with Crippen molar-refractivity contribution in [2.45, 2.75) is 13.1 Å². The summed E-state index contributed by atoms with van der Waals surface area (Å²) in [6.07, 6.45) is 10.5. The summed E-state index contributed by atoms with van der Waals surface area (Å²) in [4.78, 5) is 2.20. The minimum atomic E-state index is 0.189. The molecule has 3 aliphatic rings. The summed E-state index contributed by atoms with van der Waals surface area (Å²) in [6.45, 7) is 2.15. The maximum absolute atomic E-state index is 4.66. The lowest BCUT2D eigenvalue weighted by molar-refractivity contribution is -0.636. The molecule has 17 heavy (non-hydrogen) atoms. The van der Waals surface area contributed by atoms with Crippen LogP contribution in [0.15, 0.2) is 53.9 Å². The van der Waals surface area contributed by atoms with Crippen molar-refractivity contribution in [2.24, 2.45) is 5.10 Å². The van der Waals surface area contributed by atoms with Gasteiger partial charge in [-0.3, -0.25) is 4.90 Å². The third-order valence-electron chi connectivity index (χ3n) is 3.40. The molecule has 1 atom stereocenters. The molecule has 4 heterocycles. The average molecular weight is 224 g/mol. The third kappa shape index (κ3) is 0.996. The van der Waals surface area contributed by atoms with Crippen LogP contribution in [0.25, 0.3) is 0 Å². The maximum atomic E-state index is 4.66. The molecule has 0 saturated carbocycles. The minimum absolute atomic E-state index is 0.189. The van der Waals surface area contributed by atoms with Gasteiger partial charge in [0.15, 0.2) is 5.84 Å². The van der Waals surface area contributed by atoms with Crippen LogP contribution in [0.2, 0.25) is 0 Å². The van der Waals surface area contributed by atoms with Gasteiger partial charge in [-0.25, -0.2) is 0 Å². The van der Waals surface area contributed by atoms with E-state index in [-0.39, 0.29) is 6.17 Å². The van der Waals surface area contributed by atoms with Crippen LogP contribution in [0.3, 0.4) is 0 Å². The monoisotopic (exact) mass is 224 g/mol. The zero-order chi connectivity index (χ0) is 11.4. The minimum Gasteiger partial charge on any atom is -0.359 e. The first kappa shape index (κ1) is 8.87. The van der Waals surface area contributed by atoms with Crippen molar-refractivity contribution in [1.82, 2.24) is 4.90 Å². The lowest BCUT2D eigenvalue weighted by Gasteiger charge is -2.25. The molecule has 0 radical (unpaired) electrons. The van der Waals surface area contributed by atoms with E-state index in [1.165, 1.54) is 6.04 Å². The Hall–Kier alpha value is -2.23. The van der Waals surface area contributed by atoms with Crippen molar-refractivity contribution < 1.29 is 4.57 Å². The molecule has 0 N–H and O–H groups in total. The molecule has 0 bridgehead atoms. The smallest absolute Gasteiger partial charge is 0.203 e. The van der Waals surface area contributed by atoms with Crippen molar-refractivity contribution in [1.29, 1.82) is 0 Å². The van der Waals surface area contributed by atoms with Crippen molar-refractivity contribution in [3.8, 4) is 0 Å².